The van der Waals surface area contributed by atoms with E-state index in [2.05, 4.69) is 44.1 Å². The zero-order valence-electron chi connectivity index (χ0n) is 10.3. The molecule has 0 aliphatic rings. The molecular weight excluding hydrogens is 358 g/mol. The highest BCUT2D eigenvalue weighted by molar-refractivity contribution is 9.11. The molecule has 1 heterocycles. The van der Waals surface area contributed by atoms with Crippen molar-refractivity contribution in [3.8, 4) is 11.3 Å². The van der Waals surface area contributed by atoms with Gasteiger partial charge in [-0.1, -0.05) is 38.8 Å². The molecule has 0 spiro atoms. The lowest BCUT2D eigenvalue weighted by Crippen LogP contribution is -2.14. The van der Waals surface area contributed by atoms with E-state index in [4.69, 9.17) is 4.42 Å². The fourth-order valence-electron chi connectivity index (χ4n) is 1.92. The maximum Gasteiger partial charge on any atom is 0.135 e. The van der Waals surface area contributed by atoms with E-state index in [0.29, 0.717) is 0 Å². The average molecular weight is 373 g/mol. The summed E-state index contributed by atoms with van der Waals surface area (Å²) in [5.41, 5.74) is 1.06. The Labute approximate surface area is 124 Å². The Kier molecular flexibility index (Phi) is 4.65. The minimum Gasteiger partial charge on any atom is -0.459 e. The number of hydrogen-bond acceptors (Lipinski definition) is 2. The first-order chi connectivity index (χ1) is 8.65. The smallest absolute Gasteiger partial charge is 0.135 e. The van der Waals surface area contributed by atoms with Crippen LogP contribution in [0.4, 0.5) is 0 Å². The van der Waals surface area contributed by atoms with E-state index in [1.54, 1.807) is 0 Å². The molecule has 0 fully saturated rings. The molecule has 4 heteroatoms. The molecule has 0 amide bonds. The molecule has 18 heavy (non-hydrogen) atoms. The van der Waals surface area contributed by atoms with Crippen LogP contribution in [0.3, 0.4) is 0 Å². The summed E-state index contributed by atoms with van der Waals surface area (Å²) < 4.78 is 8.01. The van der Waals surface area contributed by atoms with Crippen LogP contribution in [0.2, 0.25) is 0 Å². The molecule has 1 unspecified atom stereocenters. The van der Waals surface area contributed by atoms with Crippen molar-refractivity contribution < 1.29 is 4.42 Å². The Morgan fingerprint density at radius 1 is 1.22 bits per heavy atom. The second-order valence-corrected chi connectivity index (χ2v) is 5.85. The van der Waals surface area contributed by atoms with Gasteiger partial charge in [-0.3, -0.25) is 0 Å². The van der Waals surface area contributed by atoms with Crippen molar-refractivity contribution in [2.75, 3.05) is 7.05 Å². The van der Waals surface area contributed by atoms with Crippen molar-refractivity contribution in [3.63, 3.8) is 0 Å². The lowest BCUT2D eigenvalue weighted by molar-refractivity contribution is 0.431. The average Bonchev–Trinajstić information content (AvgIpc) is 2.83. The lowest BCUT2D eigenvalue weighted by Gasteiger charge is -2.10. The van der Waals surface area contributed by atoms with Crippen molar-refractivity contribution in [2.45, 2.75) is 19.4 Å². The maximum absolute atomic E-state index is 5.94. The van der Waals surface area contributed by atoms with E-state index in [-0.39, 0.29) is 6.04 Å². The molecule has 0 bridgehead atoms. The molecule has 96 valence electrons. The van der Waals surface area contributed by atoms with Gasteiger partial charge in [0.25, 0.3) is 0 Å². The van der Waals surface area contributed by atoms with E-state index < -0.39 is 0 Å². The third-order valence-electron chi connectivity index (χ3n) is 2.92. The summed E-state index contributed by atoms with van der Waals surface area (Å²) >= 11 is 7.03. The standard InChI is InChI=1S/C14H15Br2NO/c1-3-12(17-2)14-7-6-13(18-14)10-8-9(15)4-5-11(10)16/h4-8,12,17H,3H2,1-2H3. The van der Waals surface area contributed by atoms with Gasteiger partial charge in [-0.15, -0.1) is 0 Å². The summed E-state index contributed by atoms with van der Waals surface area (Å²) in [5.74, 6) is 1.86. The first-order valence-corrected chi connectivity index (χ1v) is 7.46. The van der Waals surface area contributed by atoms with Crippen LogP contribution >= 0.6 is 31.9 Å². The molecule has 2 aromatic rings. The fraction of sp³-hybridized carbons (Fsp3) is 0.286. The van der Waals surface area contributed by atoms with Crippen LogP contribution in [0.1, 0.15) is 25.1 Å². The Morgan fingerprint density at radius 2 is 2.00 bits per heavy atom. The quantitative estimate of drug-likeness (QED) is 0.803. The molecule has 0 aliphatic carbocycles. The first-order valence-electron chi connectivity index (χ1n) is 5.88. The second-order valence-electron chi connectivity index (χ2n) is 4.08. The third-order valence-corrected chi connectivity index (χ3v) is 4.11. The van der Waals surface area contributed by atoms with Gasteiger partial charge < -0.3 is 9.73 Å². The van der Waals surface area contributed by atoms with Gasteiger partial charge in [-0.25, -0.2) is 0 Å². The van der Waals surface area contributed by atoms with Crippen molar-refractivity contribution in [1.82, 2.24) is 5.32 Å². The van der Waals surface area contributed by atoms with Crippen LogP contribution in [0.15, 0.2) is 43.7 Å². The summed E-state index contributed by atoms with van der Waals surface area (Å²) in [6, 6.07) is 10.4. The number of hydrogen-bond donors (Lipinski definition) is 1. The summed E-state index contributed by atoms with van der Waals surface area (Å²) in [7, 11) is 1.95. The van der Waals surface area contributed by atoms with Gasteiger partial charge in [0.2, 0.25) is 0 Å². The van der Waals surface area contributed by atoms with E-state index in [1.165, 1.54) is 0 Å². The van der Waals surface area contributed by atoms with Crippen molar-refractivity contribution in [3.05, 3.63) is 45.0 Å². The number of rotatable bonds is 4. The summed E-state index contributed by atoms with van der Waals surface area (Å²) in [6.07, 6.45) is 1.00. The van der Waals surface area contributed by atoms with Crippen LogP contribution in [0.25, 0.3) is 11.3 Å². The zero-order valence-corrected chi connectivity index (χ0v) is 13.5. The van der Waals surface area contributed by atoms with Gasteiger partial charge in [-0.05, 0) is 43.8 Å². The predicted octanol–water partition coefficient (Wildman–Crippen LogP) is 5.14. The van der Waals surface area contributed by atoms with Gasteiger partial charge in [0.05, 0.1) is 6.04 Å². The first kappa shape index (κ1) is 13.8. The van der Waals surface area contributed by atoms with Gasteiger partial charge in [-0.2, -0.15) is 0 Å². The highest BCUT2D eigenvalue weighted by Crippen LogP contribution is 2.33. The molecule has 0 radical (unpaired) electrons. The van der Waals surface area contributed by atoms with Gasteiger partial charge >= 0.3 is 0 Å². The number of halogens is 2. The predicted molar refractivity (Wildman–Crippen MR) is 81.6 cm³/mol. The van der Waals surface area contributed by atoms with Crippen molar-refractivity contribution in [2.24, 2.45) is 0 Å². The molecule has 1 aromatic carbocycles. The zero-order chi connectivity index (χ0) is 13.1. The molecule has 0 saturated carbocycles. The number of nitrogens with one attached hydrogen (secondary N) is 1. The highest BCUT2D eigenvalue weighted by atomic mass is 79.9. The second kappa shape index (κ2) is 6.04. The molecule has 2 nitrogen and oxygen atoms in total. The normalized spacial score (nSPS) is 12.7. The minimum atomic E-state index is 0.268. The van der Waals surface area contributed by atoms with Crippen molar-refractivity contribution >= 4 is 31.9 Å². The fourth-order valence-corrected chi connectivity index (χ4v) is 2.72. The van der Waals surface area contributed by atoms with Gasteiger partial charge in [0.15, 0.2) is 0 Å². The van der Waals surface area contributed by atoms with Crippen LogP contribution in [-0.2, 0) is 0 Å². The third kappa shape index (κ3) is 2.87. The Balaban J connectivity index is 2.37. The van der Waals surface area contributed by atoms with Crippen LogP contribution in [-0.4, -0.2) is 7.05 Å². The van der Waals surface area contributed by atoms with Crippen LogP contribution in [0.5, 0.6) is 0 Å². The van der Waals surface area contributed by atoms with E-state index in [9.17, 15) is 0 Å². The largest absolute Gasteiger partial charge is 0.459 e. The van der Waals surface area contributed by atoms with E-state index in [0.717, 1.165) is 32.5 Å². The van der Waals surface area contributed by atoms with Gasteiger partial charge in [0.1, 0.15) is 11.5 Å². The Bertz CT molecular complexity index is 532. The molecule has 1 aromatic heterocycles. The number of furan rings is 1. The summed E-state index contributed by atoms with van der Waals surface area (Å²) in [5, 5.41) is 3.24. The molecule has 0 saturated heterocycles. The van der Waals surface area contributed by atoms with E-state index >= 15 is 0 Å². The SMILES string of the molecule is CCC(NC)c1ccc(-c2cc(Br)ccc2Br)o1. The van der Waals surface area contributed by atoms with Gasteiger partial charge in [0, 0.05) is 14.5 Å². The van der Waals surface area contributed by atoms with Crippen LogP contribution in [0, 0.1) is 0 Å². The Morgan fingerprint density at radius 3 is 2.67 bits per heavy atom. The van der Waals surface area contributed by atoms with Crippen molar-refractivity contribution in [1.29, 1.82) is 0 Å². The topological polar surface area (TPSA) is 25.2 Å². The lowest BCUT2D eigenvalue weighted by atomic mass is 10.1. The molecule has 1 atom stereocenters. The van der Waals surface area contributed by atoms with E-state index in [1.807, 2.05) is 37.4 Å². The molecular formula is C14H15Br2NO. The maximum atomic E-state index is 5.94. The molecule has 0 aliphatic heterocycles. The molecule has 1 N–H and O–H groups in total. The monoisotopic (exact) mass is 371 g/mol. The summed E-state index contributed by atoms with van der Waals surface area (Å²) in [6.45, 7) is 2.14. The highest BCUT2D eigenvalue weighted by Gasteiger charge is 2.14. The number of benzene rings is 1. The summed E-state index contributed by atoms with van der Waals surface area (Å²) in [4.78, 5) is 0. The Hall–Kier alpha value is -0.580. The molecule has 2 rings (SSSR count). The minimum absolute atomic E-state index is 0.268. The van der Waals surface area contributed by atoms with Crippen LogP contribution < -0.4 is 5.32 Å².